The Bertz CT molecular complexity index is 1010. The third-order valence-electron chi connectivity index (χ3n) is 5.15. The molecule has 0 bridgehead atoms. The Hall–Kier alpha value is -3.65. The summed E-state index contributed by atoms with van der Waals surface area (Å²) in [7, 11) is 0. The van der Waals surface area contributed by atoms with Gasteiger partial charge in [0.25, 0.3) is 0 Å². The number of carbonyl (C=O) groups excluding carboxylic acids is 1. The summed E-state index contributed by atoms with van der Waals surface area (Å²) in [6.45, 7) is 4.64. The van der Waals surface area contributed by atoms with Gasteiger partial charge in [0.1, 0.15) is 12.6 Å². The van der Waals surface area contributed by atoms with E-state index in [0.29, 0.717) is 6.61 Å². The van der Waals surface area contributed by atoms with Crippen molar-refractivity contribution >= 4 is 12.1 Å². The number of aliphatic carboxylic acids is 1. The fourth-order valence-electron chi connectivity index (χ4n) is 3.50. The third kappa shape index (κ3) is 7.47. The van der Waals surface area contributed by atoms with Crippen LogP contribution in [0.4, 0.5) is 4.79 Å². The van der Waals surface area contributed by atoms with Gasteiger partial charge in [-0.2, -0.15) is 5.10 Å². The Balaban J connectivity index is 0.000000374. The number of carboxylic acid groups (broad SMARTS) is 1. The summed E-state index contributed by atoms with van der Waals surface area (Å²) in [6.07, 6.45) is -0.713. The number of hydrogen-bond acceptors (Lipinski definition) is 5. The maximum atomic E-state index is 12.3. The van der Waals surface area contributed by atoms with E-state index >= 15 is 0 Å². The highest BCUT2D eigenvalue weighted by atomic mass is 16.6. The Morgan fingerprint density at radius 2 is 1.64 bits per heavy atom. The molecule has 8 nitrogen and oxygen atoms in total. The number of carboxylic acids is 1. The lowest BCUT2D eigenvalue weighted by Gasteiger charge is -2.20. The van der Waals surface area contributed by atoms with E-state index in [2.05, 4.69) is 10.2 Å². The molecule has 1 fully saturated rings. The first-order valence-electron chi connectivity index (χ1n) is 10.8. The van der Waals surface area contributed by atoms with Crippen molar-refractivity contribution in [3.05, 3.63) is 89.2 Å². The molecule has 2 N–H and O–H groups in total. The van der Waals surface area contributed by atoms with Crippen molar-refractivity contribution in [2.24, 2.45) is 0 Å². The highest BCUT2D eigenvalue weighted by Crippen LogP contribution is 2.23. The first-order chi connectivity index (χ1) is 15.9. The van der Waals surface area contributed by atoms with Crippen LogP contribution >= 0.6 is 0 Å². The summed E-state index contributed by atoms with van der Waals surface area (Å²) < 4.78 is 11.1. The van der Waals surface area contributed by atoms with Crippen LogP contribution in [0.15, 0.2) is 66.7 Å². The highest BCUT2D eigenvalue weighted by Gasteiger charge is 2.41. The van der Waals surface area contributed by atoms with Crippen molar-refractivity contribution in [3.8, 4) is 0 Å². The average Bonchev–Trinajstić information content (AvgIpc) is 3.43. The van der Waals surface area contributed by atoms with E-state index in [9.17, 15) is 14.7 Å². The largest absolute Gasteiger partial charge is 0.480 e. The molecule has 2 aromatic carbocycles. The van der Waals surface area contributed by atoms with E-state index in [1.807, 2.05) is 80.6 Å². The van der Waals surface area contributed by atoms with Crippen LogP contribution in [0.2, 0.25) is 0 Å². The molecule has 8 heteroatoms. The molecule has 2 atom stereocenters. The maximum absolute atomic E-state index is 12.3. The number of nitrogens with one attached hydrogen (secondary N) is 1. The number of hydrogen-bond donors (Lipinski definition) is 2. The van der Waals surface area contributed by atoms with Crippen molar-refractivity contribution in [1.82, 2.24) is 15.1 Å². The van der Waals surface area contributed by atoms with Gasteiger partial charge in [-0.3, -0.25) is 10.00 Å². The van der Waals surface area contributed by atoms with Crippen LogP contribution in [0.25, 0.3) is 0 Å². The predicted octanol–water partition coefficient (Wildman–Crippen LogP) is 4.09. The molecule has 1 amide bonds. The second-order valence-corrected chi connectivity index (χ2v) is 7.89. The van der Waals surface area contributed by atoms with E-state index in [1.165, 1.54) is 4.90 Å². The summed E-state index contributed by atoms with van der Waals surface area (Å²) in [5.41, 5.74) is 4.03. The molecular weight excluding hydrogens is 422 g/mol. The van der Waals surface area contributed by atoms with Gasteiger partial charge >= 0.3 is 12.1 Å². The van der Waals surface area contributed by atoms with Crippen LogP contribution in [0.5, 0.6) is 0 Å². The summed E-state index contributed by atoms with van der Waals surface area (Å²) in [5.74, 6) is -1.05. The van der Waals surface area contributed by atoms with Gasteiger partial charge in [0, 0.05) is 12.1 Å². The minimum atomic E-state index is -1.05. The molecule has 0 spiro atoms. The number of ether oxygens (including phenoxy) is 2. The number of carbonyl (C=O) groups is 2. The molecule has 1 saturated heterocycles. The number of likely N-dealkylation sites (tertiary alicyclic amines) is 1. The van der Waals surface area contributed by atoms with E-state index in [4.69, 9.17) is 9.47 Å². The lowest BCUT2D eigenvalue weighted by atomic mass is 10.2. The Kier molecular flexibility index (Phi) is 8.60. The van der Waals surface area contributed by atoms with Gasteiger partial charge in [0.2, 0.25) is 0 Å². The molecule has 1 aromatic heterocycles. The summed E-state index contributed by atoms with van der Waals surface area (Å²) in [6, 6.07) is 20.0. The number of aromatic nitrogens is 2. The van der Waals surface area contributed by atoms with Crippen molar-refractivity contribution in [1.29, 1.82) is 0 Å². The fourth-order valence-corrected chi connectivity index (χ4v) is 3.50. The number of benzene rings is 2. The molecule has 3 aromatic rings. The van der Waals surface area contributed by atoms with Crippen molar-refractivity contribution in [2.75, 3.05) is 6.54 Å². The maximum Gasteiger partial charge on any atom is 0.410 e. The van der Waals surface area contributed by atoms with Gasteiger partial charge in [-0.1, -0.05) is 60.7 Å². The quantitative estimate of drug-likeness (QED) is 0.585. The number of H-pyrrole nitrogens is 1. The van der Waals surface area contributed by atoms with Gasteiger partial charge in [-0.15, -0.1) is 0 Å². The average molecular weight is 452 g/mol. The number of aryl methyl sites for hydroxylation is 2. The summed E-state index contributed by atoms with van der Waals surface area (Å²) in [4.78, 5) is 25.1. The number of rotatable bonds is 6. The molecule has 1 aliphatic heterocycles. The zero-order valence-corrected chi connectivity index (χ0v) is 18.8. The van der Waals surface area contributed by atoms with Crippen LogP contribution in [-0.4, -0.2) is 51.0 Å². The van der Waals surface area contributed by atoms with Gasteiger partial charge in [-0.25, -0.2) is 9.59 Å². The molecule has 2 heterocycles. The van der Waals surface area contributed by atoms with Crippen molar-refractivity contribution in [3.63, 3.8) is 0 Å². The molecule has 1 aliphatic rings. The number of aromatic amines is 1. The van der Waals surface area contributed by atoms with Gasteiger partial charge in [0.15, 0.2) is 0 Å². The van der Waals surface area contributed by atoms with Crippen molar-refractivity contribution < 1.29 is 24.2 Å². The molecule has 0 aliphatic carbocycles. The normalized spacial score (nSPS) is 17.2. The van der Waals surface area contributed by atoms with Gasteiger partial charge < -0.3 is 14.6 Å². The van der Waals surface area contributed by atoms with Gasteiger partial charge in [-0.05, 0) is 31.0 Å². The number of amides is 1. The van der Waals surface area contributed by atoms with Crippen LogP contribution in [0.3, 0.4) is 0 Å². The molecule has 4 rings (SSSR count). The zero-order chi connectivity index (χ0) is 23.6. The third-order valence-corrected chi connectivity index (χ3v) is 5.15. The smallest absolute Gasteiger partial charge is 0.410 e. The van der Waals surface area contributed by atoms with Gasteiger partial charge in [0.05, 0.1) is 24.9 Å². The highest BCUT2D eigenvalue weighted by molar-refractivity contribution is 5.80. The minimum absolute atomic E-state index is 0.109. The fraction of sp³-hybridized carbons (Fsp3) is 0.320. The van der Waals surface area contributed by atoms with E-state index < -0.39 is 18.1 Å². The second kappa shape index (κ2) is 11.8. The number of nitrogens with zero attached hydrogens (tertiary/aromatic N) is 2. The molecule has 174 valence electrons. The molecule has 1 unspecified atom stereocenters. The lowest BCUT2D eigenvalue weighted by Crippen LogP contribution is -2.40. The van der Waals surface area contributed by atoms with Crippen LogP contribution in [0.1, 0.15) is 28.9 Å². The standard InChI is InChI=1S/C20H21NO5.C5H8N2/c22-19(23)18-11-17(25-13-15-7-3-1-4-8-15)12-21(18)20(24)26-14-16-9-5-2-6-10-16;1-4-3-5(2)7-6-4/h1-10,17-18H,11-14H2,(H,22,23);3H,1-2H3,(H,6,7)/t17?,18-;/m0./s1. The summed E-state index contributed by atoms with van der Waals surface area (Å²) in [5, 5.41) is 16.1. The van der Waals surface area contributed by atoms with E-state index in [1.54, 1.807) is 0 Å². The lowest BCUT2D eigenvalue weighted by molar-refractivity contribution is -0.141. The molecular formula is C25H29N3O5. The molecule has 0 saturated carbocycles. The van der Waals surface area contributed by atoms with Crippen LogP contribution in [0, 0.1) is 13.8 Å². The SMILES string of the molecule is Cc1cc(C)[nH]n1.O=C(O)[C@@H]1CC(OCc2ccccc2)CN1C(=O)OCc1ccccc1. The predicted molar refractivity (Wildman–Crippen MR) is 122 cm³/mol. The van der Waals surface area contributed by atoms with Crippen molar-refractivity contribution in [2.45, 2.75) is 45.6 Å². The van der Waals surface area contributed by atoms with Crippen LogP contribution < -0.4 is 0 Å². The van der Waals surface area contributed by atoms with E-state index in [-0.39, 0.29) is 25.7 Å². The first kappa shape index (κ1) is 24.0. The minimum Gasteiger partial charge on any atom is -0.480 e. The Morgan fingerprint density at radius 1 is 1.03 bits per heavy atom. The summed E-state index contributed by atoms with van der Waals surface area (Å²) >= 11 is 0. The second-order valence-electron chi connectivity index (χ2n) is 7.89. The van der Waals surface area contributed by atoms with E-state index in [0.717, 1.165) is 22.5 Å². The molecule has 33 heavy (non-hydrogen) atoms. The zero-order valence-electron chi connectivity index (χ0n) is 18.8. The van der Waals surface area contributed by atoms with Crippen LogP contribution in [-0.2, 0) is 27.5 Å². The monoisotopic (exact) mass is 451 g/mol. The molecule has 0 radical (unpaired) electrons. The Labute approximate surface area is 193 Å². The first-order valence-corrected chi connectivity index (χ1v) is 10.8. The topological polar surface area (TPSA) is 105 Å². The Morgan fingerprint density at radius 3 is 2.12 bits per heavy atom.